The van der Waals surface area contributed by atoms with Crippen LogP contribution in [0.2, 0.25) is 0 Å². The number of ether oxygens (including phenoxy) is 1. The molecule has 0 aromatic heterocycles. The second-order valence-electron chi connectivity index (χ2n) is 7.63. The van der Waals surface area contributed by atoms with Crippen molar-refractivity contribution in [2.75, 3.05) is 20.2 Å². The van der Waals surface area contributed by atoms with E-state index in [1.807, 2.05) is 31.2 Å². The Kier molecular flexibility index (Phi) is 6.51. The summed E-state index contributed by atoms with van der Waals surface area (Å²) in [5.41, 5.74) is 1.02. The highest BCUT2D eigenvalue weighted by Crippen LogP contribution is 2.31. The van der Waals surface area contributed by atoms with E-state index in [-0.39, 0.29) is 12.0 Å². The number of urea groups is 1. The molecule has 2 atom stereocenters. The third-order valence-corrected chi connectivity index (χ3v) is 5.68. The van der Waals surface area contributed by atoms with Gasteiger partial charge in [0.15, 0.2) is 0 Å². The van der Waals surface area contributed by atoms with Crippen molar-refractivity contribution in [3.05, 3.63) is 29.8 Å². The van der Waals surface area contributed by atoms with Crippen LogP contribution in [-0.4, -0.2) is 59.8 Å². The fourth-order valence-corrected chi connectivity index (χ4v) is 3.97. The van der Waals surface area contributed by atoms with Crippen LogP contribution in [0.4, 0.5) is 4.79 Å². The van der Waals surface area contributed by atoms with Crippen LogP contribution in [0.15, 0.2) is 24.3 Å². The van der Waals surface area contributed by atoms with Crippen molar-refractivity contribution < 1.29 is 23.9 Å². The van der Waals surface area contributed by atoms with Gasteiger partial charge in [-0.2, -0.15) is 0 Å². The van der Waals surface area contributed by atoms with Crippen molar-refractivity contribution in [1.29, 1.82) is 0 Å². The highest BCUT2D eigenvalue weighted by Gasteiger charge is 2.49. The molecule has 3 rings (SSSR count). The molecule has 2 fully saturated rings. The third-order valence-electron chi connectivity index (χ3n) is 5.68. The normalized spacial score (nSPS) is 22.2. The van der Waals surface area contributed by atoms with E-state index in [0.717, 1.165) is 40.4 Å². The highest BCUT2D eigenvalue weighted by atomic mass is 16.5. The SMILES string of the molecule is COc1ccc(CCNC(=O)CN2C(=O)C(=O)N([C@@H]3CCCC[C@H]3C)C2=O)cc1. The Labute approximate surface area is 170 Å². The maximum atomic E-state index is 12.7. The van der Waals surface area contributed by atoms with Crippen LogP contribution in [0.25, 0.3) is 0 Å². The molecule has 1 saturated heterocycles. The molecule has 0 radical (unpaired) electrons. The lowest BCUT2D eigenvalue weighted by atomic mass is 9.85. The molecule has 1 N–H and O–H groups in total. The Balaban J connectivity index is 1.53. The Hall–Kier alpha value is -2.90. The Morgan fingerprint density at radius 3 is 2.45 bits per heavy atom. The van der Waals surface area contributed by atoms with Crippen LogP contribution in [-0.2, 0) is 20.8 Å². The standard InChI is InChI=1S/C21H27N3O5/c1-14-5-3-4-6-17(14)24-20(27)19(26)23(21(24)28)13-18(25)22-12-11-15-7-9-16(29-2)10-8-15/h7-10,14,17H,3-6,11-13H2,1-2H3,(H,22,25)/t14-,17-/m1/s1. The summed E-state index contributed by atoms with van der Waals surface area (Å²) in [4.78, 5) is 51.4. The average Bonchev–Trinajstić information content (AvgIpc) is 2.92. The van der Waals surface area contributed by atoms with Crippen LogP contribution < -0.4 is 10.1 Å². The second-order valence-corrected chi connectivity index (χ2v) is 7.63. The predicted molar refractivity (Wildman–Crippen MR) is 105 cm³/mol. The van der Waals surface area contributed by atoms with E-state index >= 15 is 0 Å². The first kappa shape index (κ1) is 20.8. The Morgan fingerprint density at radius 1 is 1.10 bits per heavy atom. The predicted octanol–water partition coefficient (Wildman–Crippen LogP) is 1.72. The maximum Gasteiger partial charge on any atom is 0.334 e. The number of hydrogen-bond acceptors (Lipinski definition) is 5. The number of rotatable bonds is 7. The molecule has 1 aromatic carbocycles. The molecule has 29 heavy (non-hydrogen) atoms. The van der Waals surface area contributed by atoms with Crippen molar-refractivity contribution >= 4 is 23.8 Å². The number of hydrogen-bond donors (Lipinski definition) is 1. The van der Waals surface area contributed by atoms with E-state index in [4.69, 9.17) is 4.74 Å². The van der Waals surface area contributed by atoms with Crippen molar-refractivity contribution in [1.82, 2.24) is 15.1 Å². The van der Waals surface area contributed by atoms with Gasteiger partial charge in [0.2, 0.25) is 5.91 Å². The fraction of sp³-hybridized carbons (Fsp3) is 0.524. The first-order valence-corrected chi connectivity index (χ1v) is 10.0. The van der Waals surface area contributed by atoms with Gasteiger partial charge in [0.05, 0.1) is 7.11 Å². The third kappa shape index (κ3) is 4.58. The summed E-state index contributed by atoms with van der Waals surface area (Å²) in [6.07, 6.45) is 4.20. The summed E-state index contributed by atoms with van der Waals surface area (Å²) in [5.74, 6) is -1.29. The largest absolute Gasteiger partial charge is 0.497 e. The van der Waals surface area contributed by atoms with E-state index in [1.165, 1.54) is 0 Å². The number of amides is 5. The first-order chi connectivity index (χ1) is 13.9. The van der Waals surface area contributed by atoms with Crippen LogP contribution in [0.3, 0.4) is 0 Å². The number of carbonyl (C=O) groups is 4. The quantitative estimate of drug-likeness (QED) is 0.554. The molecule has 2 aliphatic rings. The fourth-order valence-electron chi connectivity index (χ4n) is 3.97. The van der Waals surface area contributed by atoms with Gasteiger partial charge in [-0.1, -0.05) is 31.9 Å². The molecule has 1 heterocycles. The number of carbonyl (C=O) groups excluding carboxylic acids is 4. The summed E-state index contributed by atoms with van der Waals surface area (Å²) in [5, 5.41) is 2.70. The van der Waals surface area contributed by atoms with Gasteiger partial charge in [0.25, 0.3) is 0 Å². The van der Waals surface area contributed by atoms with Crippen LogP contribution in [0.5, 0.6) is 5.75 Å². The molecule has 1 saturated carbocycles. The molecule has 5 amide bonds. The molecule has 0 unspecified atom stereocenters. The lowest BCUT2D eigenvalue weighted by Gasteiger charge is -2.34. The minimum atomic E-state index is -0.918. The molecule has 8 nitrogen and oxygen atoms in total. The number of nitrogens with zero attached hydrogens (tertiary/aromatic N) is 2. The second kappa shape index (κ2) is 9.07. The van der Waals surface area contributed by atoms with Gasteiger partial charge in [-0.15, -0.1) is 0 Å². The first-order valence-electron chi connectivity index (χ1n) is 10.0. The zero-order chi connectivity index (χ0) is 21.0. The van der Waals surface area contributed by atoms with Crippen LogP contribution in [0, 0.1) is 5.92 Å². The van der Waals surface area contributed by atoms with Crippen molar-refractivity contribution in [3.63, 3.8) is 0 Å². The number of benzene rings is 1. The van der Waals surface area contributed by atoms with Gasteiger partial charge >= 0.3 is 17.8 Å². The van der Waals surface area contributed by atoms with E-state index in [0.29, 0.717) is 19.4 Å². The summed E-state index contributed by atoms with van der Waals surface area (Å²) in [6, 6.07) is 6.54. The summed E-state index contributed by atoms with van der Waals surface area (Å²) in [6.45, 7) is 1.91. The van der Waals surface area contributed by atoms with Crippen molar-refractivity contribution in [2.45, 2.75) is 45.1 Å². The zero-order valence-electron chi connectivity index (χ0n) is 16.8. The van der Waals surface area contributed by atoms with Gasteiger partial charge in [0.1, 0.15) is 12.3 Å². The molecule has 156 valence electrons. The van der Waals surface area contributed by atoms with E-state index in [1.54, 1.807) is 7.11 Å². The topological polar surface area (TPSA) is 96.0 Å². The van der Waals surface area contributed by atoms with Gasteiger partial charge in [-0.25, -0.2) is 9.69 Å². The molecular formula is C21H27N3O5. The zero-order valence-corrected chi connectivity index (χ0v) is 16.8. The van der Waals surface area contributed by atoms with Crippen LogP contribution in [0.1, 0.15) is 38.2 Å². The minimum absolute atomic E-state index is 0.155. The smallest absolute Gasteiger partial charge is 0.334 e. The monoisotopic (exact) mass is 401 g/mol. The number of nitrogens with one attached hydrogen (secondary N) is 1. The lowest BCUT2D eigenvalue weighted by molar-refractivity contribution is -0.145. The lowest BCUT2D eigenvalue weighted by Crippen LogP contribution is -2.47. The molecule has 8 heteroatoms. The van der Waals surface area contributed by atoms with Gasteiger partial charge < -0.3 is 10.1 Å². The Bertz CT molecular complexity index is 792. The van der Waals surface area contributed by atoms with Crippen molar-refractivity contribution in [3.8, 4) is 5.75 Å². The molecule has 0 bridgehead atoms. The minimum Gasteiger partial charge on any atom is -0.497 e. The highest BCUT2D eigenvalue weighted by molar-refractivity contribution is 6.45. The Morgan fingerprint density at radius 2 is 1.79 bits per heavy atom. The van der Waals surface area contributed by atoms with E-state index in [9.17, 15) is 19.2 Å². The number of methoxy groups -OCH3 is 1. The number of imide groups is 2. The maximum absolute atomic E-state index is 12.7. The molecule has 1 aromatic rings. The van der Waals surface area contributed by atoms with Gasteiger partial charge in [-0.3, -0.25) is 19.3 Å². The van der Waals surface area contributed by atoms with E-state index in [2.05, 4.69) is 5.32 Å². The molecular weight excluding hydrogens is 374 g/mol. The van der Waals surface area contributed by atoms with Crippen LogP contribution >= 0.6 is 0 Å². The average molecular weight is 401 g/mol. The molecule has 1 aliphatic carbocycles. The summed E-state index contributed by atoms with van der Waals surface area (Å²) >= 11 is 0. The van der Waals surface area contributed by atoms with Gasteiger partial charge in [0, 0.05) is 12.6 Å². The van der Waals surface area contributed by atoms with E-state index < -0.39 is 30.3 Å². The van der Waals surface area contributed by atoms with Gasteiger partial charge in [-0.05, 0) is 42.9 Å². The summed E-state index contributed by atoms with van der Waals surface area (Å²) in [7, 11) is 1.59. The summed E-state index contributed by atoms with van der Waals surface area (Å²) < 4.78 is 5.10. The molecule has 1 aliphatic heterocycles. The molecule has 0 spiro atoms. The van der Waals surface area contributed by atoms with Crippen molar-refractivity contribution in [2.24, 2.45) is 5.92 Å².